The number of carbonyl (C=O) groups is 2. The second kappa shape index (κ2) is 5.50. The van der Waals surface area contributed by atoms with Crippen LogP contribution in [0.2, 0.25) is 0 Å². The molecule has 0 atom stereocenters. The zero-order valence-corrected chi connectivity index (χ0v) is 9.70. The van der Waals surface area contributed by atoms with Crippen LogP contribution in [0.1, 0.15) is 6.92 Å². The lowest BCUT2D eigenvalue weighted by Gasteiger charge is -2.22. The third kappa shape index (κ3) is 5.85. The topological polar surface area (TPSA) is 52.6 Å². The van der Waals surface area contributed by atoms with Gasteiger partial charge in [0.1, 0.15) is 5.57 Å². The summed E-state index contributed by atoms with van der Waals surface area (Å²) in [5, 5.41) is 0. The Morgan fingerprint density at radius 1 is 1.13 bits per heavy atom. The average Bonchev–Trinajstić information content (AvgIpc) is 2.12. The van der Waals surface area contributed by atoms with Gasteiger partial charge in [-0.1, -0.05) is 6.58 Å². The summed E-state index contributed by atoms with van der Waals surface area (Å²) in [6.45, 7) is 5.36. The van der Waals surface area contributed by atoms with Gasteiger partial charge in [0.05, 0.1) is 27.7 Å². The number of ether oxygens (including phenoxy) is 2. The zero-order valence-electron chi connectivity index (χ0n) is 9.70. The molecule has 0 aromatic rings. The van der Waals surface area contributed by atoms with Gasteiger partial charge in [-0.25, -0.2) is 9.59 Å². The predicted molar refractivity (Wildman–Crippen MR) is 54.8 cm³/mol. The maximum absolute atomic E-state index is 11.3. The highest BCUT2D eigenvalue weighted by Gasteiger charge is 2.20. The number of carbonyl (C=O) groups excluding carboxylic acids is 2. The maximum Gasteiger partial charge on any atom is 0.349 e. The molecule has 15 heavy (non-hydrogen) atoms. The molecule has 5 nitrogen and oxygen atoms in total. The molecule has 0 radical (unpaired) electrons. The third-order valence-corrected chi connectivity index (χ3v) is 1.35. The SMILES string of the molecule is C=C(C(=O)OCC)C(=O)OC[N+](C)(C)C. The van der Waals surface area contributed by atoms with Crippen molar-refractivity contribution in [2.45, 2.75) is 6.92 Å². The van der Waals surface area contributed by atoms with Crippen molar-refractivity contribution >= 4 is 11.9 Å². The lowest BCUT2D eigenvalue weighted by molar-refractivity contribution is -0.888. The van der Waals surface area contributed by atoms with Gasteiger partial charge in [-0.2, -0.15) is 0 Å². The number of hydrogen-bond acceptors (Lipinski definition) is 4. The highest BCUT2D eigenvalue weighted by molar-refractivity contribution is 6.13. The Labute approximate surface area is 89.9 Å². The average molecular weight is 216 g/mol. The van der Waals surface area contributed by atoms with Gasteiger partial charge in [0.25, 0.3) is 0 Å². The first-order chi connectivity index (χ1) is 6.78. The van der Waals surface area contributed by atoms with Crippen LogP contribution >= 0.6 is 0 Å². The number of nitrogens with zero attached hydrogens (tertiary/aromatic N) is 1. The minimum absolute atomic E-state index is 0.178. The molecule has 0 aromatic carbocycles. The van der Waals surface area contributed by atoms with E-state index in [9.17, 15) is 9.59 Å². The predicted octanol–water partition coefficient (Wildman–Crippen LogP) is 0.313. The Hall–Kier alpha value is -1.36. The highest BCUT2D eigenvalue weighted by atomic mass is 16.6. The van der Waals surface area contributed by atoms with Crippen LogP contribution in [-0.4, -0.2) is 50.9 Å². The van der Waals surface area contributed by atoms with Crippen molar-refractivity contribution in [3.8, 4) is 0 Å². The van der Waals surface area contributed by atoms with Crippen molar-refractivity contribution in [2.75, 3.05) is 34.5 Å². The Morgan fingerprint density at radius 3 is 2.00 bits per heavy atom. The third-order valence-electron chi connectivity index (χ3n) is 1.35. The van der Waals surface area contributed by atoms with E-state index in [0.717, 1.165) is 0 Å². The fourth-order valence-corrected chi connectivity index (χ4v) is 0.641. The Morgan fingerprint density at radius 2 is 1.60 bits per heavy atom. The Bertz CT molecular complexity index is 265. The molecule has 0 unspecified atom stereocenters. The summed E-state index contributed by atoms with van der Waals surface area (Å²) in [6, 6.07) is 0. The summed E-state index contributed by atoms with van der Waals surface area (Å²) in [6.07, 6.45) is 0. The minimum Gasteiger partial charge on any atom is -0.462 e. The largest absolute Gasteiger partial charge is 0.462 e. The molecule has 0 aromatic heterocycles. The van der Waals surface area contributed by atoms with Gasteiger partial charge in [0.15, 0.2) is 0 Å². The van der Waals surface area contributed by atoms with E-state index < -0.39 is 11.9 Å². The number of hydrogen-bond donors (Lipinski definition) is 0. The van der Waals surface area contributed by atoms with Gasteiger partial charge in [-0.05, 0) is 6.92 Å². The maximum atomic E-state index is 11.3. The first kappa shape index (κ1) is 13.6. The monoisotopic (exact) mass is 216 g/mol. The minimum atomic E-state index is -0.735. The molecule has 0 saturated carbocycles. The highest BCUT2D eigenvalue weighted by Crippen LogP contribution is 2.00. The van der Waals surface area contributed by atoms with E-state index in [-0.39, 0.29) is 18.9 Å². The molecule has 0 fully saturated rings. The van der Waals surface area contributed by atoms with Crippen LogP contribution < -0.4 is 0 Å². The van der Waals surface area contributed by atoms with Crippen molar-refractivity contribution in [2.24, 2.45) is 0 Å². The van der Waals surface area contributed by atoms with Gasteiger partial charge in [0.2, 0.25) is 6.73 Å². The molecule has 86 valence electrons. The summed E-state index contributed by atoms with van der Waals surface area (Å²) >= 11 is 0. The van der Waals surface area contributed by atoms with Crippen LogP contribution in [0.3, 0.4) is 0 Å². The van der Waals surface area contributed by atoms with Gasteiger partial charge in [0, 0.05) is 0 Å². The van der Waals surface area contributed by atoms with E-state index in [1.54, 1.807) is 6.92 Å². The van der Waals surface area contributed by atoms with E-state index in [2.05, 4.69) is 11.3 Å². The normalized spacial score (nSPS) is 10.7. The molecule has 0 bridgehead atoms. The second-order valence-corrected chi connectivity index (χ2v) is 4.05. The number of quaternary nitrogens is 1. The standard InChI is InChI=1S/C10H18NO4/c1-6-14-9(12)8(2)10(13)15-7-11(3,4)5/h2,6-7H2,1,3-5H3/q+1. The van der Waals surface area contributed by atoms with Gasteiger partial charge >= 0.3 is 11.9 Å². The lowest BCUT2D eigenvalue weighted by atomic mass is 10.3. The zero-order chi connectivity index (χ0) is 12.1. The number of esters is 2. The summed E-state index contributed by atoms with van der Waals surface area (Å²) in [5.74, 6) is -1.47. The molecular weight excluding hydrogens is 198 g/mol. The molecular formula is C10H18NO4+. The Balaban J connectivity index is 4.12. The van der Waals surface area contributed by atoms with Crippen molar-refractivity contribution in [3.63, 3.8) is 0 Å². The van der Waals surface area contributed by atoms with E-state index >= 15 is 0 Å². The van der Waals surface area contributed by atoms with Crippen molar-refractivity contribution in [1.82, 2.24) is 0 Å². The number of rotatable bonds is 5. The van der Waals surface area contributed by atoms with Crippen LogP contribution in [-0.2, 0) is 19.1 Å². The van der Waals surface area contributed by atoms with Gasteiger partial charge in [-0.3, -0.25) is 4.48 Å². The van der Waals surface area contributed by atoms with E-state index in [1.807, 2.05) is 21.1 Å². The fourth-order valence-electron chi connectivity index (χ4n) is 0.641. The summed E-state index contributed by atoms with van der Waals surface area (Å²) in [7, 11) is 5.58. The summed E-state index contributed by atoms with van der Waals surface area (Å²) < 4.78 is 9.94. The lowest BCUT2D eigenvalue weighted by Crippen LogP contribution is -2.38. The molecule has 0 heterocycles. The first-order valence-electron chi connectivity index (χ1n) is 4.61. The van der Waals surface area contributed by atoms with E-state index in [4.69, 9.17) is 4.74 Å². The van der Waals surface area contributed by atoms with Crippen molar-refractivity contribution in [1.29, 1.82) is 0 Å². The molecule has 0 rings (SSSR count). The van der Waals surface area contributed by atoms with E-state index in [0.29, 0.717) is 4.48 Å². The van der Waals surface area contributed by atoms with Gasteiger partial charge < -0.3 is 9.47 Å². The molecule has 0 saturated heterocycles. The van der Waals surface area contributed by atoms with Crippen LogP contribution in [0.5, 0.6) is 0 Å². The summed E-state index contributed by atoms with van der Waals surface area (Å²) in [5.41, 5.74) is -0.273. The molecule has 0 amide bonds. The smallest absolute Gasteiger partial charge is 0.349 e. The molecule has 5 heteroatoms. The van der Waals surface area contributed by atoms with Crippen LogP contribution in [0.4, 0.5) is 0 Å². The summed E-state index contributed by atoms with van der Waals surface area (Å²) in [4.78, 5) is 22.4. The Kier molecular flexibility index (Phi) is 5.00. The van der Waals surface area contributed by atoms with Crippen molar-refractivity contribution in [3.05, 3.63) is 12.2 Å². The molecule has 0 spiro atoms. The van der Waals surface area contributed by atoms with Gasteiger partial charge in [-0.15, -0.1) is 0 Å². The molecule has 0 aliphatic heterocycles. The van der Waals surface area contributed by atoms with Crippen LogP contribution in [0.15, 0.2) is 12.2 Å². The quantitative estimate of drug-likeness (QED) is 0.166. The van der Waals surface area contributed by atoms with Crippen molar-refractivity contribution < 1.29 is 23.5 Å². The van der Waals surface area contributed by atoms with E-state index in [1.165, 1.54) is 0 Å². The van der Waals surface area contributed by atoms with Crippen LogP contribution in [0, 0.1) is 0 Å². The molecule has 0 N–H and O–H groups in total. The second-order valence-electron chi connectivity index (χ2n) is 4.05. The fraction of sp³-hybridized carbons (Fsp3) is 0.600. The molecule has 0 aliphatic rings. The van der Waals surface area contributed by atoms with Crippen LogP contribution in [0.25, 0.3) is 0 Å². The first-order valence-corrected chi connectivity index (χ1v) is 4.61. The molecule has 0 aliphatic carbocycles.